The second-order valence-corrected chi connectivity index (χ2v) is 8.69. The minimum Gasteiger partial charge on any atom is -0.420 e. The van der Waals surface area contributed by atoms with Crippen molar-refractivity contribution in [1.29, 1.82) is 0 Å². The van der Waals surface area contributed by atoms with Crippen LogP contribution in [0.1, 0.15) is 35.2 Å². The van der Waals surface area contributed by atoms with Crippen LogP contribution < -0.4 is 0 Å². The predicted octanol–water partition coefficient (Wildman–Crippen LogP) is 5.03. The van der Waals surface area contributed by atoms with Crippen LogP contribution in [0.5, 0.6) is 0 Å². The zero-order chi connectivity index (χ0) is 18.9. The van der Waals surface area contributed by atoms with Gasteiger partial charge in [0.05, 0.1) is 16.1 Å². The first-order chi connectivity index (χ1) is 13.7. The molecule has 0 aliphatic carbocycles. The number of aromatic nitrogens is 3. The lowest BCUT2D eigenvalue weighted by Gasteiger charge is -2.30. The first-order valence-electron chi connectivity index (χ1n) is 9.72. The highest BCUT2D eigenvalue weighted by Gasteiger charge is 2.25. The van der Waals surface area contributed by atoms with Crippen molar-refractivity contribution in [3.63, 3.8) is 0 Å². The quantitative estimate of drug-likeness (QED) is 0.489. The fraction of sp³-hybridized carbons (Fsp3) is 0.318. The lowest BCUT2D eigenvalue weighted by atomic mass is 9.97. The Kier molecular flexibility index (Phi) is 4.66. The van der Waals surface area contributed by atoms with Crippen LogP contribution in [-0.2, 0) is 6.54 Å². The van der Waals surface area contributed by atoms with E-state index in [9.17, 15) is 0 Å². The highest BCUT2D eigenvalue weighted by Crippen LogP contribution is 2.32. The van der Waals surface area contributed by atoms with Gasteiger partial charge in [0.1, 0.15) is 0 Å². The number of nitrogens with zero attached hydrogens (tertiary/aromatic N) is 4. The highest BCUT2D eigenvalue weighted by atomic mass is 32.1. The monoisotopic (exact) mass is 390 g/mol. The fourth-order valence-corrected chi connectivity index (χ4v) is 4.60. The summed E-state index contributed by atoms with van der Waals surface area (Å²) in [6.45, 7) is 5.02. The molecule has 6 heteroatoms. The van der Waals surface area contributed by atoms with Gasteiger partial charge in [-0.05, 0) is 57.1 Å². The van der Waals surface area contributed by atoms with Crippen molar-refractivity contribution < 1.29 is 4.42 Å². The number of benzene rings is 1. The van der Waals surface area contributed by atoms with Gasteiger partial charge in [0.25, 0.3) is 5.89 Å². The average molecular weight is 391 g/mol. The number of fused-ring (bicyclic) bond motifs is 1. The van der Waals surface area contributed by atoms with E-state index in [1.54, 1.807) is 11.3 Å². The zero-order valence-electron chi connectivity index (χ0n) is 15.8. The second-order valence-electron chi connectivity index (χ2n) is 7.40. The molecule has 0 N–H and O–H groups in total. The van der Waals surface area contributed by atoms with E-state index < -0.39 is 0 Å². The molecule has 1 saturated heterocycles. The minimum atomic E-state index is 0.350. The van der Waals surface area contributed by atoms with E-state index in [1.807, 2.05) is 6.07 Å². The van der Waals surface area contributed by atoms with Gasteiger partial charge >= 0.3 is 0 Å². The van der Waals surface area contributed by atoms with Crippen LogP contribution in [0.15, 0.2) is 52.9 Å². The molecule has 3 aromatic heterocycles. The third-order valence-electron chi connectivity index (χ3n) is 5.37. The van der Waals surface area contributed by atoms with Crippen molar-refractivity contribution in [3.8, 4) is 10.8 Å². The maximum atomic E-state index is 5.98. The van der Waals surface area contributed by atoms with Gasteiger partial charge in [-0.2, -0.15) is 0 Å². The predicted molar refractivity (Wildman–Crippen MR) is 111 cm³/mol. The van der Waals surface area contributed by atoms with Gasteiger partial charge in [-0.15, -0.1) is 21.5 Å². The molecular weight excluding hydrogens is 368 g/mol. The lowest BCUT2D eigenvalue weighted by Crippen LogP contribution is -2.32. The molecule has 1 fully saturated rings. The number of hydrogen-bond donors (Lipinski definition) is 0. The maximum Gasteiger partial charge on any atom is 0.257 e. The molecule has 4 aromatic rings. The lowest BCUT2D eigenvalue weighted by molar-refractivity contribution is 0.191. The fourth-order valence-electron chi connectivity index (χ4n) is 3.81. The molecule has 28 heavy (non-hydrogen) atoms. The Morgan fingerprint density at radius 3 is 2.71 bits per heavy atom. The van der Waals surface area contributed by atoms with E-state index in [1.165, 1.54) is 10.3 Å². The molecule has 1 aliphatic heterocycles. The van der Waals surface area contributed by atoms with Crippen LogP contribution in [0.25, 0.3) is 21.7 Å². The molecule has 0 radical (unpaired) electrons. The summed E-state index contributed by atoms with van der Waals surface area (Å²) in [6, 6.07) is 16.7. The smallest absolute Gasteiger partial charge is 0.257 e. The van der Waals surface area contributed by atoms with Crippen molar-refractivity contribution in [2.75, 3.05) is 13.1 Å². The Labute approximate surface area is 168 Å². The molecule has 4 heterocycles. The number of aryl methyl sites for hydroxylation is 1. The number of hydrogen-bond acceptors (Lipinski definition) is 6. The van der Waals surface area contributed by atoms with E-state index in [-0.39, 0.29) is 0 Å². The largest absolute Gasteiger partial charge is 0.420 e. The van der Waals surface area contributed by atoms with Crippen molar-refractivity contribution in [2.45, 2.75) is 32.2 Å². The van der Waals surface area contributed by atoms with Crippen LogP contribution >= 0.6 is 11.3 Å². The summed E-state index contributed by atoms with van der Waals surface area (Å²) >= 11 is 1.69. The Bertz CT molecular complexity index is 1090. The summed E-state index contributed by atoms with van der Waals surface area (Å²) in [7, 11) is 0. The molecule has 0 spiro atoms. The van der Waals surface area contributed by atoms with Crippen LogP contribution in [-0.4, -0.2) is 33.2 Å². The summed E-state index contributed by atoms with van der Waals surface area (Å²) in [5.41, 5.74) is 2.20. The van der Waals surface area contributed by atoms with Gasteiger partial charge < -0.3 is 4.42 Å². The molecule has 1 aromatic carbocycles. The topological polar surface area (TPSA) is 55.1 Å². The summed E-state index contributed by atoms with van der Waals surface area (Å²) in [6.07, 6.45) is 2.08. The van der Waals surface area contributed by atoms with Gasteiger partial charge in [-0.1, -0.05) is 24.3 Å². The van der Waals surface area contributed by atoms with Crippen molar-refractivity contribution in [2.24, 2.45) is 0 Å². The Balaban J connectivity index is 1.22. The van der Waals surface area contributed by atoms with Gasteiger partial charge in [-0.3, -0.25) is 9.88 Å². The third-order valence-corrected chi connectivity index (χ3v) is 6.36. The Hall–Kier alpha value is -2.57. The van der Waals surface area contributed by atoms with Gasteiger partial charge in [0, 0.05) is 22.7 Å². The minimum absolute atomic E-state index is 0.350. The first kappa shape index (κ1) is 17.5. The summed E-state index contributed by atoms with van der Waals surface area (Å²) in [5, 5.41) is 9.78. The summed E-state index contributed by atoms with van der Waals surface area (Å²) in [5.74, 6) is 1.78. The van der Waals surface area contributed by atoms with E-state index in [0.29, 0.717) is 11.8 Å². The number of rotatable bonds is 4. The van der Waals surface area contributed by atoms with E-state index in [4.69, 9.17) is 9.40 Å². The molecular formula is C22H22N4OS. The van der Waals surface area contributed by atoms with E-state index in [0.717, 1.165) is 54.5 Å². The third kappa shape index (κ3) is 3.57. The molecule has 1 aliphatic rings. The second kappa shape index (κ2) is 7.45. The van der Waals surface area contributed by atoms with Crippen LogP contribution in [0, 0.1) is 6.92 Å². The van der Waals surface area contributed by atoms with Gasteiger partial charge in [0.15, 0.2) is 0 Å². The van der Waals surface area contributed by atoms with Crippen molar-refractivity contribution in [1.82, 2.24) is 20.1 Å². The Morgan fingerprint density at radius 1 is 1.04 bits per heavy atom. The van der Waals surface area contributed by atoms with Crippen LogP contribution in [0.2, 0.25) is 0 Å². The molecule has 0 unspecified atom stereocenters. The molecule has 142 valence electrons. The van der Waals surface area contributed by atoms with Crippen molar-refractivity contribution in [3.05, 3.63) is 65.0 Å². The van der Waals surface area contributed by atoms with Gasteiger partial charge in [-0.25, -0.2) is 0 Å². The highest BCUT2D eigenvalue weighted by molar-refractivity contribution is 7.15. The van der Waals surface area contributed by atoms with E-state index >= 15 is 0 Å². The molecule has 0 bridgehead atoms. The molecule has 5 rings (SSSR count). The zero-order valence-corrected chi connectivity index (χ0v) is 16.7. The van der Waals surface area contributed by atoms with Crippen LogP contribution in [0.4, 0.5) is 0 Å². The van der Waals surface area contributed by atoms with Crippen molar-refractivity contribution >= 4 is 22.2 Å². The van der Waals surface area contributed by atoms with Crippen LogP contribution in [0.3, 0.4) is 0 Å². The summed E-state index contributed by atoms with van der Waals surface area (Å²) < 4.78 is 5.98. The number of pyridine rings is 1. The number of likely N-dealkylation sites (tertiary alicyclic amines) is 1. The van der Waals surface area contributed by atoms with E-state index in [2.05, 4.69) is 64.5 Å². The first-order valence-corrected chi connectivity index (χ1v) is 10.5. The molecule has 0 amide bonds. The molecule has 5 nitrogen and oxygen atoms in total. The standard InChI is InChI=1S/C22H22N4OS/c1-15-6-9-20(28-15)22-25-24-21(27-22)17-10-12-26(13-11-17)14-18-8-7-16-4-2-3-5-19(16)23-18/h2-9,17H,10-14H2,1H3. The average Bonchev–Trinajstić information content (AvgIpc) is 3.38. The molecule has 0 atom stereocenters. The molecule has 0 saturated carbocycles. The summed E-state index contributed by atoms with van der Waals surface area (Å²) in [4.78, 5) is 9.58. The maximum absolute atomic E-state index is 5.98. The number of para-hydroxylation sites is 1. The number of thiophene rings is 1. The van der Waals surface area contributed by atoms with Gasteiger partial charge in [0.2, 0.25) is 5.89 Å². The normalized spacial score (nSPS) is 16.0. The Morgan fingerprint density at radius 2 is 1.89 bits per heavy atom. The number of piperidine rings is 1. The SMILES string of the molecule is Cc1ccc(-c2nnc(C3CCN(Cc4ccc5ccccc5n4)CC3)o2)s1.